The van der Waals surface area contributed by atoms with Crippen LogP contribution in [0.1, 0.15) is 12.1 Å². The van der Waals surface area contributed by atoms with Crippen molar-refractivity contribution in [2.75, 3.05) is 6.61 Å². The zero-order valence-corrected chi connectivity index (χ0v) is 10.1. The standard InChI is InChI=1S/C8H10BrClN2O3/c9-7-3-5(11-12-7)4-15-2-1-6(10)8(13)14/h3,6H,1-2,4H2,(H,11,12)(H,13,14). The van der Waals surface area contributed by atoms with Crippen molar-refractivity contribution in [1.29, 1.82) is 0 Å². The van der Waals surface area contributed by atoms with Gasteiger partial charge in [0.1, 0.15) is 9.98 Å². The summed E-state index contributed by atoms with van der Waals surface area (Å²) in [5.74, 6) is -1.02. The maximum atomic E-state index is 10.4. The Kier molecular flexibility index (Phi) is 5.07. The summed E-state index contributed by atoms with van der Waals surface area (Å²) in [7, 11) is 0. The largest absolute Gasteiger partial charge is 0.480 e. The van der Waals surface area contributed by atoms with Crippen LogP contribution in [0.25, 0.3) is 0 Å². The van der Waals surface area contributed by atoms with Crippen LogP contribution in [0.5, 0.6) is 0 Å². The number of carboxylic acids is 1. The highest BCUT2D eigenvalue weighted by molar-refractivity contribution is 9.10. The molecule has 1 aromatic rings. The maximum absolute atomic E-state index is 10.4. The van der Waals surface area contributed by atoms with E-state index in [0.717, 1.165) is 5.69 Å². The SMILES string of the molecule is O=C(O)C(Cl)CCOCc1cc(Br)n[nH]1. The van der Waals surface area contributed by atoms with Crippen molar-refractivity contribution >= 4 is 33.5 Å². The molecule has 0 aliphatic rings. The second-order valence-electron chi connectivity index (χ2n) is 2.86. The smallest absolute Gasteiger partial charge is 0.321 e. The van der Waals surface area contributed by atoms with E-state index in [1.165, 1.54) is 0 Å². The van der Waals surface area contributed by atoms with Crippen molar-refractivity contribution in [3.05, 3.63) is 16.4 Å². The molecule has 0 spiro atoms. The number of nitrogens with zero attached hydrogens (tertiary/aromatic N) is 1. The first kappa shape index (κ1) is 12.5. The monoisotopic (exact) mass is 296 g/mol. The molecule has 2 N–H and O–H groups in total. The van der Waals surface area contributed by atoms with Crippen molar-refractivity contribution in [2.45, 2.75) is 18.4 Å². The Morgan fingerprint density at radius 2 is 2.53 bits per heavy atom. The summed E-state index contributed by atoms with van der Waals surface area (Å²) in [6.45, 7) is 0.666. The minimum Gasteiger partial charge on any atom is -0.480 e. The Morgan fingerprint density at radius 1 is 1.80 bits per heavy atom. The summed E-state index contributed by atoms with van der Waals surface area (Å²) in [5.41, 5.74) is 0.823. The molecule has 5 nitrogen and oxygen atoms in total. The Morgan fingerprint density at radius 3 is 3.07 bits per heavy atom. The molecule has 0 saturated carbocycles. The zero-order valence-electron chi connectivity index (χ0n) is 7.74. The zero-order chi connectivity index (χ0) is 11.3. The van der Waals surface area contributed by atoms with E-state index in [1.807, 2.05) is 0 Å². The Labute approximate surface area is 99.9 Å². The lowest BCUT2D eigenvalue weighted by molar-refractivity contribution is -0.137. The molecule has 15 heavy (non-hydrogen) atoms. The highest BCUT2D eigenvalue weighted by Crippen LogP contribution is 2.08. The number of H-pyrrole nitrogens is 1. The quantitative estimate of drug-likeness (QED) is 0.620. The topological polar surface area (TPSA) is 75.2 Å². The van der Waals surface area contributed by atoms with E-state index in [1.54, 1.807) is 6.07 Å². The van der Waals surface area contributed by atoms with E-state index in [0.29, 0.717) is 17.8 Å². The number of aromatic nitrogens is 2. The molecule has 7 heteroatoms. The molecule has 0 amide bonds. The second kappa shape index (κ2) is 6.09. The summed E-state index contributed by atoms with van der Waals surface area (Å²) in [6.07, 6.45) is 0.284. The lowest BCUT2D eigenvalue weighted by Crippen LogP contribution is -2.15. The number of hydrogen-bond donors (Lipinski definition) is 2. The van der Waals surface area contributed by atoms with Crippen molar-refractivity contribution in [2.24, 2.45) is 0 Å². The van der Waals surface area contributed by atoms with Crippen LogP contribution in [-0.2, 0) is 16.1 Å². The fraction of sp³-hybridized carbons (Fsp3) is 0.500. The van der Waals surface area contributed by atoms with E-state index in [-0.39, 0.29) is 6.42 Å². The van der Waals surface area contributed by atoms with Crippen molar-refractivity contribution in [3.8, 4) is 0 Å². The summed E-state index contributed by atoms with van der Waals surface area (Å²) >= 11 is 8.68. The molecule has 0 aromatic carbocycles. The number of aliphatic carboxylic acids is 1. The lowest BCUT2D eigenvalue weighted by Gasteiger charge is -2.04. The van der Waals surface area contributed by atoms with E-state index < -0.39 is 11.3 Å². The molecule has 1 unspecified atom stereocenters. The molecule has 1 aromatic heterocycles. The van der Waals surface area contributed by atoms with E-state index in [4.69, 9.17) is 21.4 Å². The van der Waals surface area contributed by atoms with Crippen LogP contribution in [-0.4, -0.2) is 33.3 Å². The molecule has 0 aliphatic carbocycles. The van der Waals surface area contributed by atoms with Crippen LogP contribution in [0.15, 0.2) is 10.7 Å². The Balaban J connectivity index is 2.14. The predicted molar refractivity (Wildman–Crippen MR) is 57.8 cm³/mol. The first-order valence-corrected chi connectivity index (χ1v) is 5.47. The second-order valence-corrected chi connectivity index (χ2v) is 4.20. The molecule has 1 heterocycles. The summed E-state index contributed by atoms with van der Waals surface area (Å²) < 4.78 is 5.92. The molecule has 1 atom stereocenters. The van der Waals surface area contributed by atoms with Crippen molar-refractivity contribution in [1.82, 2.24) is 10.2 Å². The summed E-state index contributed by atoms with van der Waals surface area (Å²) in [6, 6.07) is 1.79. The van der Waals surface area contributed by atoms with Gasteiger partial charge < -0.3 is 9.84 Å². The molecule has 1 rings (SSSR count). The summed E-state index contributed by atoms with van der Waals surface area (Å²) in [5, 5.41) is 14.2. The van der Waals surface area contributed by atoms with E-state index >= 15 is 0 Å². The molecule has 0 aliphatic heterocycles. The molecule has 0 saturated heterocycles. The number of ether oxygens (including phenoxy) is 1. The lowest BCUT2D eigenvalue weighted by atomic mass is 10.3. The predicted octanol–water partition coefficient (Wildman–Crippen LogP) is 1.77. The number of aromatic amines is 1. The van der Waals surface area contributed by atoms with E-state index in [9.17, 15) is 4.79 Å². The molecular formula is C8H10BrClN2O3. The van der Waals surface area contributed by atoms with Gasteiger partial charge in [-0.1, -0.05) is 0 Å². The number of nitrogens with one attached hydrogen (secondary N) is 1. The minimum atomic E-state index is -1.02. The molecule has 0 fully saturated rings. The van der Waals surface area contributed by atoms with Gasteiger partial charge in [0.25, 0.3) is 0 Å². The van der Waals surface area contributed by atoms with Gasteiger partial charge in [-0.2, -0.15) is 5.10 Å². The maximum Gasteiger partial charge on any atom is 0.321 e. The molecule has 84 valence electrons. The highest BCUT2D eigenvalue weighted by Gasteiger charge is 2.12. The number of alkyl halides is 1. The fourth-order valence-corrected chi connectivity index (χ4v) is 1.35. The van der Waals surface area contributed by atoms with Crippen LogP contribution in [0.4, 0.5) is 0 Å². The van der Waals surface area contributed by atoms with Gasteiger partial charge in [-0.05, 0) is 28.4 Å². The van der Waals surface area contributed by atoms with Crippen LogP contribution < -0.4 is 0 Å². The van der Waals surface area contributed by atoms with Gasteiger partial charge in [0.2, 0.25) is 0 Å². The summed E-state index contributed by atoms with van der Waals surface area (Å²) in [4.78, 5) is 10.4. The van der Waals surface area contributed by atoms with Gasteiger partial charge in [0.15, 0.2) is 0 Å². The number of carboxylic acid groups (broad SMARTS) is 1. The Hall–Kier alpha value is -0.590. The number of halogens is 2. The van der Waals surface area contributed by atoms with Gasteiger partial charge in [-0.3, -0.25) is 9.89 Å². The van der Waals surface area contributed by atoms with Crippen molar-refractivity contribution in [3.63, 3.8) is 0 Å². The van der Waals surface area contributed by atoms with Gasteiger partial charge in [-0.25, -0.2) is 0 Å². The third kappa shape index (κ3) is 4.63. The number of rotatable bonds is 6. The van der Waals surface area contributed by atoms with E-state index in [2.05, 4.69) is 26.1 Å². The van der Waals surface area contributed by atoms with Gasteiger partial charge >= 0.3 is 5.97 Å². The van der Waals surface area contributed by atoms with Crippen LogP contribution in [0.3, 0.4) is 0 Å². The van der Waals surface area contributed by atoms with Crippen LogP contribution in [0.2, 0.25) is 0 Å². The van der Waals surface area contributed by atoms with Gasteiger partial charge in [-0.15, -0.1) is 11.6 Å². The normalized spacial score (nSPS) is 12.7. The molecule has 0 radical (unpaired) electrons. The Bertz CT molecular complexity index is 331. The van der Waals surface area contributed by atoms with Crippen LogP contribution >= 0.6 is 27.5 Å². The third-order valence-electron chi connectivity index (χ3n) is 1.64. The number of hydrogen-bond acceptors (Lipinski definition) is 3. The molecule has 0 bridgehead atoms. The number of carbonyl (C=O) groups is 1. The van der Waals surface area contributed by atoms with Crippen LogP contribution in [0, 0.1) is 0 Å². The van der Waals surface area contributed by atoms with Crippen molar-refractivity contribution < 1.29 is 14.6 Å². The van der Waals surface area contributed by atoms with Gasteiger partial charge in [0.05, 0.1) is 12.3 Å². The highest BCUT2D eigenvalue weighted by atomic mass is 79.9. The average molecular weight is 298 g/mol. The first-order valence-electron chi connectivity index (χ1n) is 4.24. The fourth-order valence-electron chi connectivity index (χ4n) is 0.900. The third-order valence-corrected chi connectivity index (χ3v) is 2.45. The average Bonchev–Trinajstić information content (AvgIpc) is 2.58. The molecular weight excluding hydrogens is 287 g/mol. The van der Waals surface area contributed by atoms with Gasteiger partial charge in [0, 0.05) is 6.61 Å². The minimum absolute atomic E-state index is 0.284. The first-order chi connectivity index (χ1) is 7.09.